The molecule has 6 heavy (non-hydrogen) atoms. The van der Waals surface area contributed by atoms with E-state index in [0.29, 0.717) is 0 Å². The van der Waals surface area contributed by atoms with Crippen LogP contribution < -0.4 is 14.0 Å². The molecule has 37 valence electrons. The van der Waals surface area contributed by atoms with Gasteiger partial charge in [0.1, 0.15) is 0 Å². The van der Waals surface area contributed by atoms with Crippen molar-refractivity contribution in [2.45, 2.75) is 0 Å². The molecule has 0 aliphatic carbocycles. The van der Waals surface area contributed by atoms with Gasteiger partial charge in [0, 0.05) is 18.6 Å². The standard InChI is InChI=1S/ClHO4.V/c2-1(3,4)5;/h(H,2,3,4,5);. The first-order valence-corrected chi connectivity index (χ1v) is 1.90. The largest absolute Gasteiger partial charge is 0.183 e. The molecule has 0 bridgehead atoms. The van der Waals surface area contributed by atoms with Crippen LogP contribution in [0.4, 0.5) is 0 Å². The Bertz CT molecular complexity index is 23.0. The normalized spacial score (nSPS) is 10.0. The van der Waals surface area contributed by atoms with Gasteiger partial charge in [0.25, 0.3) is 0 Å². The zero-order valence-electron chi connectivity index (χ0n) is 2.50. The number of halogens is 1. The molecule has 0 spiro atoms. The molecule has 6 heteroatoms. The first-order valence-electron chi connectivity index (χ1n) is 0.632. The Morgan fingerprint density at radius 2 is 1.17 bits per heavy atom. The zero-order chi connectivity index (χ0) is 4.50. The maximum atomic E-state index is 8.60. The summed E-state index contributed by atoms with van der Waals surface area (Å²) in [6.07, 6.45) is 0. The molecule has 0 atom stereocenters. The molecule has 1 N–H and O–H groups in total. The van der Waals surface area contributed by atoms with Crippen molar-refractivity contribution in [1.82, 2.24) is 0 Å². The van der Waals surface area contributed by atoms with Crippen molar-refractivity contribution in [2.24, 2.45) is 0 Å². The van der Waals surface area contributed by atoms with Gasteiger partial charge in [-0.05, 0) is 0 Å². The van der Waals surface area contributed by atoms with Crippen molar-refractivity contribution in [3.05, 3.63) is 0 Å². The van der Waals surface area contributed by atoms with Crippen LogP contribution in [0.3, 0.4) is 0 Å². The van der Waals surface area contributed by atoms with E-state index in [0.717, 1.165) is 0 Å². The van der Waals surface area contributed by atoms with E-state index in [9.17, 15) is 0 Å². The molecule has 0 aromatic heterocycles. The second kappa shape index (κ2) is 2.82. The van der Waals surface area contributed by atoms with E-state index in [1.807, 2.05) is 0 Å². The molecule has 0 aliphatic heterocycles. The molecule has 0 amide bonds. The molecule has 0 saturated carbocycles. The maximum Gasteiger partial charge on any atom is 0.0777 e. The monoisotopic (exact) mass is 151 g/mol. The average molecular weight is 151 g/mol. The van der Waals surface area contributed by atoms with Gasteiger partial charge in [-0.2, -0.15) is 14.0 Å². The molecular formula is HClO4V. The maximum absolute atomic E-state index is 8.60. The Morgan fingerprint density at radius 3 is 1.17 bits per heavy atom. The Morgan fingerprint density at radius 1 is 1.17 bits per heavy atom. The van der Waals surface area contributed by atoms with E-state index in [4.69, 9.17) is 18.6 Å². The third-order valence-electron chi connectivity index (χ3n) is 0. The van der Waals surface area contributed by atoms with E-state index in [1.165, 1.54) is 0 Å². The molecule has 0 aromatic carbocycles. The fourth-order valence-corrected chi connectivity index (χ4v) is 0. The van der Waals surface area contributed by atoms with Crippen LogP contribution in [0.5, 0.6) is 0 Å². The molecule has 0 unspecified atom stereocenters. The Balaban J connectivity index is 0. The van der Waals surface area contributed by atoms with Crippen molar-refractivity contribution in [1.29, 1.82) is 0 Å². The molecule has 0 heterocycles. The van der Waals surface area contributed by atoms with Gasteiger partial charge >= 0.3 is 0 Å². The van der Waals surface area contributed by atoms with Gasteiger partial charge < -0.3 is 0 Å². The minimum absolute atomic E-state index is 0. The molecule has 0 aromatic rings. The summed E-state index contributed by atoms with van der Waals surface area (Å²) in [6.45, 7) is 0. The summed E-state index contributed by atoms with van der Waals surface area (Å²) in [4.78, 5) is 0. The quantitative estimate of drug-likeness (QED) is 0.381. The second-order valence-corrected chi connectivity index (χ2v) is 1.19. The Kier molecular flexibility index (Phi) is 4.63. The summed E-state index contributed by atoms with van der Waals surface area (Å²) in [5, 5.41) is 0. The van der Waals surface area contributed by atoms with E-state index >= 15 is 0 Å². The SMILES string of the molecule is [O-][Cl+3]([O-])([O-])O.[V]. The minimum Gasteiger partial charge on any atom is -0.183 e. The van der Waals surface area contributed by atoms with Gasteiger partial charge in [0.15, 0.2) is 0 Å². The van der Waals surface area contributed by atoms with Crippen molar-refractivity contribution >= 4 is 0 Å². The van der Waals surface area contributed by atoms with Crippen LogP contribution in [0.1, 0.15) is 0 Å². The molecule has 0 saturated heterocycles. The third-order valence-corrected chi connectivity index (χ3v) is 0. The van der Waals surface area contributed by atoms with Crippen LogP contribution in [0.15, 0.2) is 0 Å². The van der Waals surface area contributed by atoms with Crippen LogP contribution in [0, 0.1) is 10.2 Å². The number of rotatable bonds is 0. The summed E-state index contributed by atoms with van der Waals surface area (Å²) in [6, 6.07) is 0. The van der Waals surface area contributed by atoms with Crippen LogP contribution in [-0.4, -0.2) is 4.66 Å². The second-order valence-electron chi connectivity index (χ2n) is 0.396. The van der Waals surface area contributed by atoms with Gasteiger partial charge in [-0.25, -0.2) is 0 Å². The van der Waals surface area contributed by atoms with E-state index in [-0.39, 0.29) is 18.6 Å². The van der Waals surface area contributed by atoms with Crippen LogP contribution >= 0.6 is 0 Å². The van der Waals surface area contributed by atoms with Crippen LogP contribution in [0.2, 0.25) is 0 Å². The van der Waals surface area contributed by atoms with Crippen molar-refractivity contribution in [3.63, 3.8) is 0 Å². The predicted octanol–water partition coefficient (Wildman–Crippen LogP) is -4.13. The number of hydrogen-bond acceptors (Lipinski definition) is 4. The van der Waals surface area contributed by atoms with Crippen LogP contribution in [0.25, 0.3) is 0 Å². The number of hydrogen-bond donors (Lipinski definition) is 1. The average Bonchev–Trinajstić information content (AvgIpc) is 0.722. The summed E-state index contributed by atoms with van der Waals surface area (Å²) in [5.41, 5.74) is 0. The van der Waals surface area contributed by atoms with Gasteiger partial charge in [0.2, 0.25) is 0 Å². The summed E-state index contributed by atoms with van der Waals surface area (Å²) >= 11 is 0. The van der Waals surface area contributed by atoms with Crippen molar-refractivity contribution in [2.75, 3.05) is 0 Å². The molecule has 0 fully saturated rings. The first-order chi connectivity index (χ1) is 2.00. The van der Waals surface area contributed by atoms with E-state index in [2.05, 4.69) is 0 Å². The molecule has 0 rings (SSSR count). The first kappa shape index (κ1) is 9.86. The van der Waals surface area contributed by atoms with Gasteiger partial charge in [-0.1, -0.05) is 0 Å². The molecular weight excluding hydrogens is 150 g/mol. The molecule has 1 radical (unpaired) electrons. The van der Waals surface area contributed by atoms with Crippen LogP contribution in [-0.2, 0) is 18.6 Å². The smallest absolute Gasteiger partial charge is 0.0777 e. The van der Waals surface area contributed by atoms with Crippen molar-refractivity contribution < 1.29 is 47.4 Å². The summed E-state index contributed by atoms with van der Waals surface area (Å²) < 4.78 is 32.7. The minimum atomic E-state index is -4.69. The topological polar surface area (TPSA) is 89.4 Å². The van der Waals surface area contributed by atoms with Gasteiger partial charge in [0.05, 0.1) is 14.9 Å². The zero-order valence-corrected chi connectivity index (χ0v) is 4.65. The van der Waals surface area contributed by atoms with Gasteiger partial charge in [-0.15, -0.1) is 0 Å². The molecule has 4 nitrogen and oxygen atoms in total. The Labute approximate surface area is 48.0 Å². The molecule has 0 aliphatic rings. The Hall–Kier alpha value is 0.714. The fourth-order valence-electron chi connectivity index (χ4n) is 0. The third kappa shape index (κ3) is 127. The van der Waals surface area contributed by atoms with E-state index < -0.39 is 10.2 Å². The summed E-state index contributed by atoms with van der Waals surface area (Å²) in [5.74, 6) is 0. The fraction of sp³-hybridized carbons (Fsp3) is 0. The van der Waals surface area contributed by atoms with E-state index in [1.54, 1.807) is 0 Å². The van der Waals surface area contributed by atoms with Gasteiger partial charge in [-0.3, -0.25) is 0 Å². The predicted molar refractivity (Wildman–Crippen MR) is 2.22 cm³/mol. The van der Waals surface area contributed by atoms with Crippen molar-refractivity contribution in [3.8, 4) is 0 Å². The summed E-state index contributed by atoms with van der Waals surface area (Å²) in [7, 11) is -4.69.